The van der Waals surface area contributed by atoms with Gasteiger partial charge in [-0.05, 0) is 55.7 Å². The third-order valence-electron chi connectivity index (χ3n) is 7.51. The maximum atomic E-state index is 12.9. The van der Waals surface area contributed by atoms with E-state index in [1.165, 1.54) is 5.56 Å². The summed E-state index contributed by atoms with van der Waals surface area (Å²) in [6.45, 7) is 7.79. The number of amides is 1. The van der Waals surface area contributed by atoms with Crippen LogP contribution in [0, 0.1) is 18.8 Å². The number of pyridine rings is 1. The van der Waals surface area contributed by atoms with E-state index in [1.54, 1.807) is 0 Å². The van der Waals surface area contributed by atoms with Gasteiger partial charge in [-0.2, -0.15) is 4.98 Å². The Kier molecular flexibility index (Phi) is 6.77. The average molecular weight is 479 g/mol. The van der Waals surface area contributed by atoms with Crippen LogP contribution in [0.5, 0.6) is 0 Å². The highest BCUT2D eigenvalue weighted by Crippen LogP contribution is 2.41. The van der Waals surface area contributed by atoms with Crippen molar-refractivity contribution in [2.45, 2.75) is 51.1 Å². The molecule has 35 heavy (non-hydrogen) atoms. The van der Waals surface area contributed by atoms with Crippen LogP contribution in [0.4, 0.5) is 17.6 Å². The van der Waals surface area contributed by atoms with E-state index >= 15 is 0 Å². The fraction of sp³-hybridized carbons (Fsp3) is 0.615. The first-order valence-corrected chi connectivity index (χ1v) is 12.9. The molecule has 3 aliphatic rings. The van der Waals surface area contributed by atoms with Crippen molar-refractivity contribution in [2.75, 3.05) is 55.8 Å². The van der Waals surface area contributed by atoms with Gasteiger partial charge in [0.1, 0.15) is 11.6 Å². The van der Waals surface area contributed by atoms with Crippen LogP contribution in [0.3, 0.4) is 0 Å². The molecule has 1 aliphatic carbocycles. The van der Waals surface area contributed by atoms with E-state index in [0.717, 1.165) is 68.7 Å². The second-order valence-corrected chi connectivity index (χ2v) is 10.8. The van der Waals surface area contributed by atoms with Gasteiger partial charge in [0.15, 0.2) is 0 Å². The van der Waals surface area contributed by atoms with E-state index < -0.39 is 0 Å². The minimum absolute atomic E-state index is 0.177. The standard InChI is InChI=1S/C26H38N8O/c1-16-5-6-28-23(7-16)30-21-14-34(15-21)25(35)19-9-18(10-19)8-17(2)22-11-24(29-20-12-27-13-20)32-26(31-22)33(3)4/h5-7,11,17-21,27H,8-10,12-15H2,1-4H3,(H,28,30)(H,29,31,32). The monoisotopic (exact) mass is 478 g/mol. The Labute approximate surface area is 208 Å². The van der Waals surface area contributed by atoms with Gasteiger partial charge >= 0.3 is 0 Å². The van der Waals surface area contributed by atoms with Gasteiger partial charge in [0.25, 0.3) is 0 Å². The minimum Gasteiger partial charge on any atom is -0.365 e. The maximum absolute atomic E-state index is 12.9. The molecular formula is C26H38N8O. The topological polar surface area (TPSA) is 98.3 Å². The molecule has 0 bridgehead atoms. The van der Waals surface area contributed by atoms with Gasteiger partial charge in [-0.3, -0.25) is 4.79 Å². The highest BCUT2D eigenvalue weighted by Gasteiger charge is 2.41. The van der Waals surface area contributed by atoms with Crippen LogP contribution < -0.4 is 20.9 Å². The number of carbonyl (C=O) groups is 1. The number of hydrogen-bond donors (Lipinski definition) is 3. The lowest BCUT2D eigenvalue weighted by molar-refractivity contribution is -0.144. The molecule has 5 rings (SSSR count). The molecule has 0 spiro atoms. The first-order chi connectivity index (χ1) is 16.8. The van der Waals surface area contributed by atoms with Crippen molar-refractivity contribution in [3.8, 4) is 0 Å². The molecule has 2 aliphatic heterocycles. The number of nitrogens with zero attached hydrogens (tertiary/aromatic N) is 5. The molecule has 2 aromatic rings. The Morgan fingerprint density at radius 2 is 1.89 bits per heavy atom. The molecule has 188 valence electrons. The number of aromatic nitrogens is 3. The molecule has 0 radical (unpaired) electrons. The van der Waals surface area contributed by atoms with Gasteiger partial charge in [0, 0.05) is 58.5 Å². The molecule has 4 heterocycles. The number of nitrogens with one attached hydrogen (secondary N) is 3. The van der Waals surface area contributed by atoms with Gasteiger partial charge in [-0.25, -0.2) is 9.97 Å². The van der Waals surface area contributed by atoms with Gasteiger partial charge in [0.2, 0.25) is 11.9 Å². The summed E-state index contributed by atoms with van der Waals surface area (Å²) in [6, 6.07) is 6.88. The molecule has 1 unspecified atom stereocenters. The van der Waals surface area contributed by atoms with Gasteiger partial charge in [-0.1, -0.05) is 6.92 Å². The number of likely N-dealkylation sites (tertiary alicyclic amines) is 1. The Morgan fingerprint density at radius 3 is 2.54 bits per heavy atom. The number of rotatable bonds is 9. The third-order valence-corrected chi connectivity index (χ3v) is 7.51. The molecule has 3 N–H and O–H groups in total. The second-order valence-electron chi connectivity index (χ2n) is 10.8. The second kappa shape index (κ2) is 9.97. The molecule has 1 atom stereocenters. The molecule has 9 heteroatoms. The summed E-state index contributed by atoms with van der Waals surface area (Å²) in [5, 5.41) is 10.2. The predicted molar refractivity (Wildman–Crippen MR) is 139 cm³/mol. The van der Waals surface area contributed by atoms with Crippen molar-refractivity contribution in [3.05, 3.63) is 35.7 Å². The predicted octanol–water partition coefficient (Wildman–Crippen LogP) is 2.47. The molecule has 2 aromatic heterocycles. The van der Waals surface area contributed by atoms with Crippen molar-refractivity contribution in [2.24, 2.45) is 11.8 Å². The Bertz CT molecular complexity index is 1040. The molecule has 3 fully saturated rings. The molecule has 2 saturated heterocycles. The van der Waals surface area contributed by atoms with Crippen molar-refractivity contribution in [1.82, 2.24) is 25.2 Å². The van der Waals surface area contributed by atoms with Crippen LogP contribution in [-0.2, 0) is 4.79 Å². The summed E-state index contributed by atoms with van der Waals surface area (Å²) < 4.78 is 0. The highest BCUT2D eigenvalue weighted by atomic mass is 16.2. The van der Waals surface area contributed by atoms with E-state index in [9.17, 15) is 4.79 Å². The van der Waals surface area contributed by atoms with Gasteiger partial charge < -0.3 is 25.8 Å². The first-order valence-electron chi connectivity index (χ1n) is 12.9. The van der Waals surface area contributed by atoms with Crippen molar-refractivity contribution < 1.29 is 4.79 Å². The van der Waals surface area contributed by atoms with Crippen LogP contribution >= 0.6 is 0 Å². The summed E-state index contributed by atoms with van der Waals surface area (Å²) >= 11 is 0. The molecule has 1 amide bonds. The maximum Gasteiger partial charge on any atom is 0.227 e. The van der Waals surface area contributed by atoms with Crippen LogP contribution in [0.1, 0.15) is 43.4 Å². The van der Waals surface area contributed by atoms with Gasteiger partial charge in [-0.15, -0.1) is 0 Å². The SMILES string of the molecule is Cc1ccnc(NC2CN(C(=O)C3CC(CC(C)c4cc(NC5CNC5)nc(N(C)C)n4)C3)C2)c1. The molecule has 0 aromatic carbocycles. The summed E-state index contributed by atoms with van der Waals surface area (Å²) in [5.74, 6) is 3.95. The zero-order valence-corrected chi connectivity index (χ0v) is 21.3. The van der Waals surface area contributed by atoms with Gasteiger partial charge in [0.05, 0.1) is 17.8 Å². The number of hydrogen-bond acceptors (Lipinski definition) is 8. The normalized spacial score (nSPS) is 23.0. The Hall–Kier alpha value is -2.94. The van der Waals surface area contributed by atoms with Crippen LogP contribution in [0.15, 0.2) is 24.4 Å². The molecular weight excluding hydrogens is 440 g/mol. The highest BCUT2D eigenvalue weighted by molar-refractivity contribution is 5.80. The molecule has 1 saturated carbocycles. The molecule has 9 nitrogen and oxygen atoms in total. The van der Waals surface area contributed by atoms with Crippen LogP contribution in [0.2, 0.25) is 0 Å². The van der Waals surface area contributed by atoms with E-state index in [-0.39, 0.29) is 5.92 Å². The third kappa shape index (κ3) is 5.50. The summed E-state index contributed by atoms with van der Waals surface area (Å²) in [4.78, 5) is 30.7. The smallest absolute Gasteiger partial charge is 0.227 e. The fourth-order valence-corrected chi connectivity index (χ4v) is 5.16. The Morgan fingerprint density at radius 1 is 1.14 bits per heavy atom. The lowest BCUT2D eigenvalue weighted by Crippen LogP contribution is -2.59. The van der Waals surface area contributed by atoms with Crippen LogP contribution in [-0.4, -0.2) is 78.1 Å². The van der Waals surface area contributed by atoms with Crippen LogP contribution in [0.25, 0.3) is 0 Å². The summed E-state index contributed by atoms with van der Waals surface area (Å²) in [6.07, 6.45) is 4.85. The summed E-state index contributed by atoms with van der Waals surface area (Å²) in [5.41, 5.74) is 2.27. The number of aryl methyl sites for hydroxylation is 1. The lowest BCUT2D eigenvalue weighted by atomic mass is 9.70. The lowest BCUT2D eigenvalue weighted by Gasteiger charge is -2.45. The van der Waals surface area contributed by atoms with E-state index in [4.69, 9.17) is 4.98 Å². The van der Waals surface area contributed by atoms with Crippen molar-refractivity contribution >= 4 is 23.5 Å². The number of anilines is 3. The van der Waals surface area contributed by atoms with E-state index in [1.807, 2.05) is 42.2 Å². The largest absolute Gasteiger partial charge is 0.365 e. The zero-order chi connectivity index (χ0) is 24.5. The first kappa shape index (κ1) is 23.8. The fourth-order valence-electron chi connectivity index (χ4n) is 5.16. The minimum atomic E-state index is 0.177. The zero-order valence-electron chi connectivity index (χ0n) is 21.3. The number of carbonyl (C=O) groups excluding carboxylic acids is 1. The quantitative estimate of drug-likeness (QED) is 0.506. The average Bonchev–Trinajstić information content (AvgIpc) is 2.74. The Balaban J connectivity index is 1.09. The van der Waals surface area contributed by atoms with Crippen molar-refractivity contribution in [1.29, 1.82) is 0 Å². The van der Waals surface area contributed by atoms with E-state index in [2.05, 4.69) is 45.8 Å². The van der Waals surface area contributed by atoms with Crippen molar-refractivity contribution in [3.63, 3.8) is 0 Å². The summed E-state index contributed by atoms with van der Waals surface area (Å²) in [7, 11) is 3.96. The van der Waals surface area contributed by atoms with E-state index in [0.29, 0.717) is 29.8 Å².